The first-order valence-electron chi connectivity index (χ1n) is 8.80. The highest BCUT2D eigenvalue weighted by atomic mass is 16.3. The van der Waals surface area contributed by atoms with E-state index in [1.54, 1.807) is 6.26 Å². The zero-order valence-electron chi connectivity index (χ0n) is 14.3. The molecule has 1 aromatic heterocycles. The quantitative estimate of drug-likeness (QED) is 0.885. The van der Waals surface area contributed by atoms with Crippen LogP contribution in [0.2, 0.25) is 0 Å². The van der Waals surface area contributed by atoms with E-state index < -0.39 is 0 Å². The van der Waals surface area contributed by atoms with E-state index in [0.29, 0.717) is 6.54 Å². The van der Waals surface area contributed by atoms with E-state index >= 15 is 0 Å². The molecule has 0 bridgehead atoms. The van der Waals surface area contributed by atoms with E-state index in [1.165, 1.54) is 5.56 Å². The summed E-state index contributed by atoms with van der Waals surface area (Å²) in [5.74, 6) is 1.60. The standard InChI is InChI=1S/C20H26N2O2/c1-16(19-8-5-13-24-19)21-20(23)15-22-11-9-18(10-12-22)14-17-6-3-2-4-7-17/h2-8,13,16,18H,9-12,14-15H2,1H3,(H,21,23)/t16-/m0/s1. The van der Waals surface area contributed by atoms with Gasteiger partial charge in [0.05, 0.1) is 18.8 Å². The van der Waals surface area contributed by atoms with Gasteiger partial charge in [-0.25, -0.2) is 0 Å². The number of rotatable bonds is 6. The molecule has 1 amide bonds. The number of carbonyl (C=O) groups excluding carboxylic acids is 1. The summed E-state index contributed by atoms with van der Waals surface area (Å²) in [6, 6.07) is 14.3. The molecule has 0 saturated carbocycles. The average molecular weight is 326 g/mol. The van der Waals surface area contributed by atoms with Gasteiger partial charge in [0.15, 0.2) is 0 Å². The molecule has 0 radical (unpaired) electrons. The molecule has 1 aromatic carbocycles. The Hall–Kier alpha value is -2.07. The summed E-state index contributed by atoms with van der Waals surface area (Å²) in [6.07, 6.45) is 5.11. The van der Waals surface area contributed by atoms with Crippen molar-refractivity contribution in [2.75, 3.05) is 19.6 Å². The van der Waals surface area contributed by atoms with Crippen LogP contribution in [-0.2, 0) is 11.2 Å². The van der Waals surface area contributed by atoms with Crippen LogP contribution in [0.25, 0.3) is 0 Å². The second-order valence-electron chi connectivity index (χ2n) is 6.71. The minimum Gasteiger partial charge on any atom is -0.467 e. The van der Waals surface area contributed by atoms with Crippen molar-refractivity contribution in [1.29, 1.82) is 0 Å². The molecule has 0 unspecified atom stereocenters. The Labute approximate surface area is 143 Å². The highest BCUT2D eigenvalue weighted by molar-refractivity contribution is 5.78. The van der Waals surface area contributed by atoms with Crippen molar-refractivity contribution in [2.24, 2.45) is 5.92 Å². The molecule has 4 heteroatoms. The predicted octanol–water partition coefficient (Wildman–Crippen LogP) is 3.41. The molecule has 4 nitrogen and oxygen atoms in total. The normalized spacial score (nSPS) is 17.5. The third-order valence-corrected chi connectivity index (χ3v) is 4.79. The van der Waals surface area contributed by atoms with Gasteiger partial charge < -0.3 is 9.73 Å². The molecule has 1 fully saturated rings. The number of nitrogens with zero attached hydrogens (tertiary/aromatic N) is 1. The number of likely N-dealkylation sites (tertiary alicyclic amines) is 1. The summed E-state index contributed by atoms with van der Waals surface area (Å²) in [6.45, 7) is 4.42. The lowest BCUT2D eigenvalue weighted by Crippen LogP contribution is -2.42. The number of carbonyl (C=O) groups is 1. The van der Waals surface area contributed by atoms with Gasteiger partial charge in [0.1, 0.15) is 5.76 Å². The molecule has 1 saturated heterocycles. The molecule has 0 aliphatic carbocycles. The van der Waals surface area contributed by atoms with E-state index in [1.807, 2.05) is 19.1 Å². The molecule has 1 atom stereocenters. The fraction of sp³-hybridized carbons (Fsp3) is 0.450. The molecule has 3 rings (SSSR count). The van der Waals surface area contributed by atoms with Crippen LogP contribution >= 0.6 is 0 Å². The zero-order chi connectivity index (χ0) is 16.8. The molecular weight excluding hydrogens is 300 g/mol. The number of amides is 1. The Morgan fingerprint density at radius 2 is 1.96 bits per heavy atom. The Bertz CT molecular complexity index is 616. The lowest BCUT2D eigenvalue weighted by Gasteiger charge is -2.31. The number of benzene rings is 1. The van der Waals surface area contributed by atoms with Crippen LogP contribution in [0.3, 0.4) is 0 Å². The third-order valence-electron chi connectivity index (χ3n) is 4.79. The molecule has 1 N–H and O–H groups in total. The van der Waals surface area contributed by atoms with Crippen LogP contribution < -0.4 is 5.32 Å². The highest BCUT2D eigenvalue weighted by Gasteiger charge is 2.22. The maximum atomic E-state index is 12.2. The first-order valence-corrected chi connectivity index (χ1v) is 8.80. The molecule has 128 valence electrons. The van der Waals surface area contributed by atoms with Gasteiger partial charge in [0.25, 0.3) is 0 Å². The van der Waals surface area contributed by atoms with Gasteiger partial charge in [-0.05, 0) is 62.9 Å². The van der Waals surface area contributed by atoms with Crippen molar-refractivity contribution in [3.8, 4) is 0 Å². The highest BCUT2D eigenvalue weighted by Crippen LogP contribution is 2.21. The van der Waals surface area contributed by atoms with Crippen molar-refractivity contribution < 1.29 is 9.21 Å². The van der Waals surface area contributed by atoms with E-state index in [-0.39, 0.29) is 11.9 Å². The van der Waals surface area contributed by atoms with Crippen molar-refractivity contribution in [1.82, 2.24) is 10.2 Å². The largest absolute Gasteiger partial charge is 0.467 e. The van der Waals surface area contributed by atoms with Gasteiger partial charge in [-0.1, -0.05) is 30.3 Å². The van der Waals surface area contributed by atoms with Crippen LogP contribution in [-0.4, -0.2) is 30.4 Å². The summed E-state index contributed by atoms with van der Waals surface area (Å²) in [5.41, 5.74) is 1.42. The van der Waals surface area contributed by atoms with E-state index in [2.05, 4.69) is 40.5 Å². The second kappa shape index (κ2) is 8.15. The first kappa shape index (κ1) is 16.8. The Morgan fingerprint density at radius 1 is 1.21 bits per heavy atom. The summed E-state index contributed by atoms with van der Waals surface area (Å²) in [4.78, 5) is 14.5. The third kappa shape index (κ3) is 4.71. The lowest BCUT2D eigenvalue weighted by molar-refractivity contribution is -0.123. The van der Waals surface area contributed by atoms with E-state index in [0.717, 1.165) is 44.0 Å². The molecular formula is C20H26N2O2. The summed E-state index contributed by atoms with van der Waals surface area (Å²) in [5, 5.41) is 3.01. The minimum atomic E-state index is -0.0804. The van der Waals surface area contributed by atoms with Crippen molar-refractivity contribution in [2.45, 2.75) is 32.2 Å². The SMILES string of the molecule is C[C@H](NC(=O)CN1CCC(Cc2ccccc2)CC1)c1ccco1. The number of hydrogen-bond acceptors (Lipinski definition) is 3. The number of piperidine rings is 1. The molecule has 24 heavy (non-hydrogen) atoms. The average Bonchev–Trinajstić information content (AvgIpc) is 3.12. The summed E-state index contributed by atoms with van der Waals surface area (Å²) in [7, 11) is 0. The van der Waals surface area contributed by atoms with Gasteiger partial charge in [0, 0.05) is 0 Å². The number of hydrogen-bond donors (Lipinski definition) is 1. The lowest BCUT2D eigenvalue weighted by atomic mass is 9.90. The van der Waals surface area contributed by atoms with E-state index in [4.69, 9.17) is 4.42 Å². The van der Waals surface area contributed by atoms with Gasteiger partial charge in [0.2, 0.25) is 5.91 Å². The Kier molecular flexibility index (Phi) is 5.70. The fourth-order valence-electron chi connectivity index (χ4n) is 3.40. The van der Waals surface area contributed by atoms with Gasteiger partial charge >= 0.3 is 0 Å². The van der Waals surface area contributed by atoms with Crippen LogP contribution in [0.15, 0.2) is 53.1 Å². The number of nitrogens with one attached hydrogen (secondary N) is 1. The molecule has 1 aliphatic rings. The maximum Gasteiger partial charge on any atom is 0.234 e. The first-order chi connectivity index (χ1) is 11.7. The van der Waals surface area contributed by atoms with Crippen molar-refractivity contribution in [3.63, 3.8) is 0 Å². The molecule has 2 aromatic rings. The minimum absolute atomic E-state index is 0.0698. The summed E-state index contributed by atoms with van der Waals surface area (Å²) >= 11 is 0. The van der Waals surface area contributed by atoms with Crippen LogP contribution in [0.4, 0.5) is 0 Å². The van der Waals surface area contributed by atoms with Crippen molar-refractivity contribution >= 4 is 5.91 Å². The Morgan fingerprint density at radius 3 is 2.62 bits per heavy atom. The smallest absolute Gasteiger partial charge is 0.234 e. The zero-order valence-corrected chi connectivity index (χ0v) is 14.3. The maximum absolute atomic E-state index is 12.2. The second-order valence-corrected chi connectivity index (χ2v) is 6.71. The van der Waals surface area contributed by atoms with Crippen LogP contribution in [0, 0.1) is 5.92 Å². The Balaban J connectivity index is 1.39. The molecule has 0 spiro atoms. The van der Waals surface area contributed by atoms with Gasteiger partial charge in [-0.2, -0.15) is 0 Å². The van der Waals surface area contributed by atoms with Crippen LogP contribution in [0.1, 0.15) is 37.1 Å². The van der Waals surface area contributed by atoms with Gasteiger partial charge in [-0.3, -0.25) is 9.69 Å². The van der Waals surface area contributed by atoms with Crippen molar-refractivity contribution in [3.05, 3.63) is 60.1 Å². The summed E-state index contributed by atoms with van der Waals surface area (Å²) < 4.78 is 5.33. The monoisotopic (exact) mass is 326 g/mol. The predicted molar refractivity (Wildman–Crippen MR) is 94.6 cm³/mol. The molecule has 1 aliphatic heterocycles. The number of furan rings is 1. The van der Waals surface area contributed by atoms with Crippen LogP contribution in [0.5, 0.6) is 0 Å². The fourth-order valence-corrected chi connectivity index (χ4v) is 3.40. The topological polar surface area (TPSA) is 45.5 Å². The van der Waals surface area contributed by atoms with Gasteiger partial charge in [-0.15, -0.1) is 0 Å². The molecule has 2 heterocycles. The van der Waals surface area contributed by atoms with E-state index in [9.17, 15) is 4.79 Å².